The molecule has 0 atom stereocenters. The van der Waals surface area contributed by atoms with Crippen LogP contribution in [0.15, 0.2) is 47.4 Å². The smallest absolute Gasteiger partial charge is 0.245 e. The third-order valence-corrected chi connectivity index (χ3v) is 5.88. The summed E-state index contributed by atoms with van der Waals surface area (Å²) in [6.07, 6.45) is 1.03. The van der Waals surface area contributed by atoms with Gasteiger partial charge in [0.15, 0.2) is 0 Å². The fourth-order valence-electron chi connectivity index (χ4n) is 2.41. The summed E-state index contributed by atoms with van der Waals surface area (Å²) >= 11 is 7.60. The Kier molecular flexibility index (Phi) is 7.41. The molecule has 146 valence electrons. The molecule has 1 N–H and O–H groups in total. The Morgan fingerprint density at radius 2 is 1.96 bits per heavy atom. The number of carbonyl (C=O) groups is 1. The maximum absolute atomic E-state index is 12.6. The maximum atomic E-state index is 12.6. The van der Waals surface area contributed by atoms with Crippen molar-refractivity contribution in [2.75, 3.05) is 35.3 Å². The third-order valence-electron chi connectivity index (χ3n) is 3.56. The fourth-order valence-corrected chi connectivity index (χ4v) is 4.19. The Morgan fingerprint density at radius 1 is 1.26 bits per heavy atom. The number of amides is 1. The summed E-state index contributed by atoms with van der Waals surface area (Å²) < 4.78 is 30.8. The summed E-state index contributed by atoms with van der Waals surface area (Å²) in [4.78, 5) is 13.5. The van der Waals surface area contributed by atoms with Gasteiger partial charge in [-0.15, -0.1) is 11.8 Å². The standard InChI is InChI=1S/C18H21ClN2O4S2/c1-4-26-17-8-6-5-7-14(17)20-18(22)12-21(27(3,23)24)15-11-13(19)9-10-16(15)25-2/h5-11H,4,12H2,1-3H3,(H,20,22). The molecule has 1 amide bonds. The molecule has 2 aromatic rings. The highest BCUT2D eigenvalue weighted by Gasteiger charge is 2.24. The van der Waals surface area contributed by atoms with Crippen molar-refractivity contribution in [1.29, 1.82) is 0 Å². The van der Waals surface area contributed by atoms with E-state index in [1.165, 1.54) is 13.2 Å². The minimum Gasteiger partial charge on any atom is -0.495 e. The number of nitrogens with zero attached hydrogens (tertiary/aromatic N) is 1. The predicted molar refractivity (Wildman–Crippen MR) is 112 cm³/mol. The Labute approximate surface area is 168 Å². The normalized spacial score (nSPS) is 11.1. The minimum absolute atomic E-state index is 0.207. The molecule has 9 heteroatoms. The first kappa shape index (κ1) is 21.4. The van der Waals surface area contributed by atoms with Gasteiger partial charge in [0, 0.05) is 9.92 Å². The maximum Gasteiger partial charge on any atom is 0.245 e. The van der Waals surface area contributed by atoms with E-state index in [0.29, 0.717) is 16.5 Å². The number of anilines is 2. The number of hydrogen-bond donors (Lipinski definition) is 1. The van der Waals surface area contributed by atoms with Crippen molar-refractivity contribution in [1.82, 2.24) is 0 Å². The lowest BCUT2D eigenvalue weighted by atomic mass is 10.3. The van der Waals surface area contributed by atoms with E-state index in [4.69, 9.17) is 16.3 Å². The number of halogens is 1. The van der Waals surface area contributed by atoms with E-state index in [1.54, 1.807) is 30.0 Å². The Bertz CT molecular complexity index is 919. The van der Waals surface area contributed by atoms with Crippen LogP contribution in [-0.2, 0) is 14.8 Å². The molecule has 0 aliphatic rings. The Hall–Kier alpha value is -1.90. The molecule has 27 heavy (non-hydrogen) atoms. The molecule has 0 aliphatic carbocycles. The van der Waals surface area contributed by atoms with Gasteiger partial charge in [-0.05, 0) is 36.1 Å². The van der Waals surface area contributed by atoms with Crippen LogP contribution in [0.2, 0.25) is 5.02 Å². The van der Waals surface area contributed by atoms with Gasteiger partial charge in [-0.1, -0.05) is 30.7 Å². The zero-order chi connectivity index (χ0) is 20.0. The molecule has 6 nitrogen and oxygen atoms in total. The van der Waals surface area contributed by atoms with E-state index in [-0.39, 0.29) is 5.69 Å². The van der Waals surface area contributed by atoms with Crippen molar-refractivity contribution in [3.8, 4) is 5.75 Å². The highest BCUT2D eigenvalue weighted by atomic mass is 35.5. The molecule has 0 radical (unpaired) electrons. The second-order valence-electron chi connectivity index (χ2n) is 5.56. The molecule has 0 saturated heterocycles. The largest absolute Gasteiger partial charge is 0.495 e. The van der Waals surface area contributed by atoms with Crippen LogP contribution in [0.1, 0.15) is 6.92 Å². The number of benzene rings is 2. The lowest BCUT2D eigenvalue weighted by Crippen LogP contribution is -2.37. The summed E-state index contributed by atoms with van der Waals surface area (Å²) in [6, 6.07) is 12.0. The van der Waals surface area contributed by atoms with Crippen molar-refractivity contribution in [3.05, 3.63) is 47.5 Å². The fraction of sp³-hybridized carbons (Fsp3) is 0.278. The van der Waals surface area contributed by atoms with Gasteiger partial charge in [0.1, 0.15) is 12.3 Å². The lowest BCUT2D eigenvalue weighted by Gasteiger charge is -2.24. The minimum atomic E-state index is -3.75. The number of rotatable bonds is 8. The number of carbonyl (C=O) groups excluding carboxylic acids is 1. The van der Waals surface area contributed by atoms with Gasteiger partial charge in [0.25, 0.3) is 0 Å². The zero-order valence-corrected chi connectivity index (χ0v) is 17.6. The number of hydrogen-bond acceptors (Lipinski definition) is 5. The lowest BCUT2D eigenvalue weighted by molar-refractivity contribution is -0.114. The van der Waals surface area contributed by atoms with Gasteiger partial charge >= 0.3 is 0 Å². The van der Waals surface area contributed by atoms with Crippen LogP contribution in [0, 0.1) is 0 Å². The van der Waals surface area contributed by atoms with Crippen molar-refractivity contribution >= 4 is 50.7 Å². The highest BCUT2D eigenvalue weighted by Crippen LogP contribution is 2.33. The number of ether oxygens (including phenoxy) is 1. The van der Waals surface area contributed by atoms with Crippen molar-refractivity contribution in [2.45, 2.75) is 11.8 Å². The van der Waals surface area contributed by atoms with Crippen LogP contribution >= 0.6 is 23.4 Å². The number of sulfonamides is 1. The SMILES string of the molecule is CCSc1ccccc1NC(=O)CN(c1cc(Cl)ccc1OC)S(C)(=O)=O. The van der Waals surface area contributed by atoms with E-state index in [1.807, 2.05) is 25.1 Å². The first-order chi connectivity index (χ1) is 12.8. The van der Waals surface area contributed by atoms with Crippen LogP contribution in [0.25, 0.3) is 0 Å². The summed E-state index contributed by atoms with van der Waals surface area (Å²) in [5.74, 6) is 0.688. The van der Waals surface area contributed by atoms with Crippen molar-refractivity contribution in [3.63, 3.8) is 0 Å². The molecule has 0 bridgehead atoms. The molecule has 0 aromatic heterocycles. The topological polar surface area (TPSA) is 75.7 Å². The van der Waals surface area contributed by atoms with E-state index < -0.39 is 22.5 Å². The van der Waals surface area contributed by atoms with Gasteiger partial charge in [-0.25, -0.2) is 8.42 Å². The molecule has 0 unspecified atom stereocenters. The van der Waals surface area contributed by atoms with E-state index in [9.17, 15) is 13.2 Å². The monoisotopic (exact) mass is 428 g/mol. The van der Waals surface area contributed by atoms with E-state index >= 15 is 0 Å². The van der Waals surface area contributed by atoms with Gasteiger partial charge in [-0.2, -0.15) is 0 Å². The summed E-state index contributed by atoms with van der Waals surface area (Å²) in [5.41, 5.74) is 0.847. The average Bonchev–Trinajstić information content (AvgIpc) is 2.60. The van der Waals surface area contributed by atoms with Crippen LogP contribution in [0.5, 0.6) is 5.75 Å². The van der Waals surface area contributed by atoms with Gasteiger partial charge < -0.3 is 10.1 Å². The molecule has 0 heterocycles. The Morgan fingerprint density at radius 3 is 2.59 bits per heavy atom. The molecule has 0 saturated carbocycles. The van der Waals surface area contributed by atoms with Crippen LogP contribution in [0.3, 0.4) is 0 Å². The number of nitrogens with one attached hydrogen (secondary N) is 1. The summed E-state index contributed by atoms with van der Waals surface area (Å²) in [5, 5.41) is 3.12. The van der Waals surface area contributed by atoms with Crippen molar-refractivity contribution in [2.24, 2.45) is 0 Å². The van der Waals surface area contributed by atoms with Crippen molar-refractivity contribution < 1.29 is 17.9 Å². The number of para-hydroxylation sites is 1. The number of methoxy groups -OCH3 is 1. The van der Waals surface area contributed by atoms with Crippen LogP contribution in [0.4, 0.5) is 11.4 Å². The quantitative estimate of drug-likeness (QED) is 0.646. The molecular weight excluding hydrogens is 408 g/mol. The second-order valence-corrected chi connectivity index (χ2v) is 9.21. The van der Waals surface area contributed by atoms with Gasteiger partial charge in [0.2, 0.25) is 15.9 Å². The van der Waals surface area contributed by atoms with Gasteiger partial charge in [0.05, 0.1) is 24.7 Å². The first-order valence-corrected chi connectivity index (χ1v) is 11.3. The van der Waals surface area contributed by atoms with Crippen LogP contribution in [-0.4, -0.2) is 40.0 Å². The summed E-state index contributed by atoms with van der Waals surface area (Å²) in [6.45, 7) is 1.61. The zero-order valence-electron chi connectivity index (χ0n) is 15.2. The number of thioether (sulfide) groups is 1. The second kappa shape index (κ2) is 9.34. The Balaban J connectivity index is 2.31. The molecular formula is C18H21ClN2O4S2. The molecule has 0 spiro atoms. The molecule has 2 rings (SSSR count). The predicted octanol–water partition coefficient (Wildman–Crippen LogP) is 3.87. The summed E-state index contributed by atoms with van der Waals surface area (Å²) in [7, 11) is -2.32. The molecule has 0 fully saturated rings. The third kappa shape index (κ3) is 5.79. The molecule has 2 aromatic carbocycles. The van der Waals surface area contributed by atoms with Crippen LogP contribution < -0.4 is 14.4 Å². The highest BCUT2D eigenvalue weighted by molar-refractivity contribution is 7.99. The average molecular weight is 429 g/mol. The van der Waals surface area contributed by atoms with Gasteiger partial charge in [-0.3, -0.25) is 9.10 Å². The molecule has 0 aliphatic heterocycles. The van der Waals surface area contributed by atoms with E-state index in [2.05, 4.69) is 5.32 Å². The first-order valence-electron chi connectivity index (χ1n) is 8.09. The van der Waals surface area contributed by atoms with E-state index in [0.717, 1.165) is 21.2 Å².